The Labute approximate surface area is 151 Å². The molecule has 0 saturated carbocycles. The Kier molecular flexibility index (Phi) is 15.3. The van der Waals surface area contributed by atoms with Crippen molar-refractivity contribution < 1.29 is 9.53 Å². The van der Waals surface area contributed by atoms with Crippen LogP contribution in [0.1, 0.15) is 118 Å². The van der Waals surface area contributed by atoms with Crippen LogP contribution in [-0.4, -0.2) is 18.2 Å². The maximum Gasteiger partial charge on any atom is 0.407 e. The molecule has 0 saturated heterocycles. The average Bonchev–Trinajstić information content (AvgIpc) is 2.49. The topological polar surface area (TPSA) is 38.3 Å². The molecule has 0 fully saturated rings. The quantitative estimate of drug-likeness (QED) is 0.326. The number of unbranched alkanes of at least 4 members (excludes halogenated alkanes) is 13. The Hall–Kier alpha value is -0.730. The summed E-state index contributed by atoms with van der Waals surface area (Å²) in [6, 6.07) is 0. The van der Waals surface area contributed by atoms with E-state index in [2.05, 4.69) is 12.2 Å². The van der Waals surface area contributed by atoms with Gasteiger partial charge in [-0.05, 0) is 27.2 Å². The summed E-state index contributed by atoms with van der Waals surface area (Å²) in [5.41, 5.74) is -0.403. The van der Waals surface area contributed by atoms with Crippen molar-refractivity contribution in [1.82, 2.24) is 5.32 Å². The maximum absolute atomic E-state index is 11.5. The number of ether oxygens (including phenoxy) is 1. The van der Waals surface area contributed by atoms with E-state index in [4.69, 9.17) is 4.74 Å². The molecule has 0 atom stereocenters. The fourth-order valence-electron chi connectivity index (χ4n) is 2.82. The van der Waals surface area contributed by atoms with Crippen LogP contribution in [-0.2, 0) is 4.74 Å². The second-order valence-electron chi connectivity index (χ2n) is 8.02. The Balaban J connectivity index is 3.14. The number of hydrogen-bond acceptors (Lipinski definition) is 2. The molecule has 0 aromatic rings. The first-order chi connectivity index (χ1) is 11.5. The summed E-state index contributed by atoms with van der Waals surface area (Å²) in [5.74, 6) is 0. The Morgan fingerprint density at radius 1 is 0.708 bits per heavy atom. The predicted octanol–water partition coefficient (Wildman–Crippen LogP) is 6.99. The smallest absolute Gasteiger partial charge is 0.407 e. The highest BCUT2D eigenvalue weighted by molar-refractivity contribution is 5.67. The van der Waals surface area contributed by atoms with Gasteiger partial charge in [0.1, 0.15) is 5.60 Å². The minimum absolute atomic E-state index is 0.294. The lowest BCUT2D eigenvalue weighted by Crippen LogP contribution is -2.32. The molecule has 0 unspecified atom stereocenters. The molecule has 0 aromatic carbocycles. The molecule has 144 valence electrons. The Morgan fingerprint density at radius 3 is 1.46 bits per heavy atom. The number of nitrogens with one attached hydrogen (secondary N) is 1. The number of hydrogen-bond donors (Lipinski definition) is 1. The van der Waals surface area contributed by atoms with Gasteiger partial charge in [-0.3, -0.25) is 0 Å². The van der Waals surface area contributed by atoms with E-state index in [0.717, 1.165) is 13.0 Å². The summed E-state index contributed by atoms with van der Waals surface area (Å²) >= 11 is 0. The highest BCUT2D eigenvalue weighted by atomic mass is 16.6. The molecule has 0 rings (SSSR count). The van der Waals surface area contributed by atoms with Crippen LogP contribution < -0.4 is 5.32 Å². The van der Waals surface area contributed by atoms with Crippen molar-refractivity contribution in [3.05, 3.63) is 0 Å². The molecule has 3 nitrogen and oxygen atoms in total. The second kappa shape index (κ2) is 15.8. The normalized spacial score (nSPS) is 11.5. The maximum atomic E-state index is 11.5. The summed E-state index contributed by atoms with van der Waals surface area (Å²) in [7, 11) is 0. The molecular weight excluding hydrogens is 298 g/mol. The highest BCUT2D eigenvalue weighted by Gasteiger charge is 2.15. The summed E-state index contributed by atoms with van der Waals surface area (Å²) in [5, 5.41) is 2.82. The van der Waals surface area contributed by atoms with Crippen LogP contribution in [0.5, 0.6) is 0 Å². The van der Waals surface area contributed by atoms with Gasteiger partial charge in [-0.1, -0.05) is 90.4 Å². The molecule has 1 amide bonds. The van der Waals surface area contributed by atoms with E-state index in [1.807, 2.05) is 20.8 Å². The molecule has 0 heterocycles. The van der Waals surface area contributed by atoms with Crippen molar-refractivity contribution in [3.63, 3.8) is 0 Å². The highest BCUT2D eigenvalue weighted by Crippen LogP contribution is 2.13. The van der Waals surface area contributed by atoms with Gasteiger partial charge in [0.15, 0.2) is 0 Å². The summed E-state index contributed by atoms with van der Waals surface area (Å²) in [6.45, 7) is 8.67. The van der Waals surface area contributed by atoms with E-state index >= 15 is 0 Å². The van der Waals surface area contributed by atoms with Crippen LogP contribution in [0.3, 0.4) is 0 Å². The zero-order valence-electron chi connectivity index (χ0n) is 16.9. The van der Waals surface area contributed by atoms with E-state index in [9.17, 15) is 4.79 Å². The minimum atomic E-state index is -0.403. The van der Waals surface area contributed by atoms with Crippen LogP contribution >= 0.6 is 0 Å². The largest absolute Gasteiger partial charge is 0.444 e. The SMILES string of the molecule is CCCCCCCCCCCCCCCCNC(=O)OC(C)(C)C. The lowest BCUT2D eigenvalue weighted by Gasteiger charge is -2.19. The van der Waals surface area contributed by atoms with Gasteiger partial charge in [0.2, 0.25) is 0 Å². The fourth-order valence-corrected chi connectivity index (χ4v) is 2.82. The van der Waals surface area contributed by atoms with Crippen LogP contribution in [0, 0.1) is 0 Å². The van der Waals surface area contributed by atoms with Crippen molar-refractivity contribution in [2.75, 3.05) is 6.54 Å². The van der Waals surface area contributed by atoms with Crippen molar-refractivity contribution in [1.29, 1.82) is 0 Å². The molecular formula is C21H43NO2. The Bertz CT molecular complexity index is 284. The molecule has 3 heteroatoms. The molecule has 0 aliphatic carbocycles. The minimum Gasteiger partial charge on any atom is -0.444 e. The second-order valence-corrected chi connectivity index (χ2v) is 8.02. The van der Waals surface area contributed by atoms with Gasteiger partial charge in [-0.2, -0.15) is 0 Å². The van der Waals surface area contributed by atoms with Crippen LogP contribution in [0.2, 0.25) is 0 Å². The lowest BCUT2D eigenvalue weighted by atomic mass is 10.0. The van der Waals surface area contributed by atoms with E-state index < -0.39 is 5.60 Å². The van der Waals surface area contributed by atoms with Crippen molar-refractivity contribution in [2.24, 2.45) is 0 Å². The van der Waals surface area contributed by atoms with Crippen LogP contribution in [0.4, 0.5) is 4.79 Å². The first-order valence-electron chi connectivity index (χ1n) is 10.4. The molecule has 0 radical (unpaired) electrons. The van der Waals surface area contributed by atoms with E-state index in [1.165, 1.54) is 83.5 Å². The predicted molar refractivity (Wildman–Crippen MR) is 105 cm³/mol. The number of carbonyl (C=O) groups is 1. The van der Waals surface area contributed by atoms with Gasteiger partial charge < -0.3 is 10.1 Å². The van der Waals surface area contributed by atoms with Crippen molar-refractivity contribution in [2.45, 2.75) is 123 Å². The molecule has 0 aromatic heterocycles. The summed E-state index contributed by atoms with van der Waals surface area (Å²) < 4.78 is 5.21. The third-order valence-electron chi connectivity index (χ3n) is 4.20. The zero-order chi connectivity index (χ0) is 18.1. The van der Waals surface area contributed by atoms with Gasteiger partial charge in [-0.15, -0.1) is 0 Å². The van der Waals surface area contributed by atoms with Crippen LogP contribution in [0.15, 0.2) is 0 Å². The lowest BCUT2D eigenvalue weighted by molar-refractivity contribution is 0.0527. The standard InChI is InChI=1S/C21H43NO2/c1-5-6-7-8-9-10-11-12-13-14-15-16-17-18-19-22-20(23)24-21(2,3)4/h5-19H2,1-4H3,(H,22,23). The number of amides is 1. The molecule has 0 aliphatic heterocycles. The number of carbonyl (C=O) groups excluding carboxylic acids is 1. The third kappa shape index (κ3) is 19.3. The molecule has 0 bridgehead atoms. The molecule has 0 aliphatic rings. The molecule has 1 N–H and O–H groups in total. The first kappa shape index (κ1) is 23.3. The van der Waals surface area contributed by atoms with Crippen LogP contribution in [0.25, 0.3) is 0 Å². The number of alkyl carbamates (subject to hydrolysis) is 1. The number of rotatable bonds is 15. The fraction of sp³-hybridized carbons (Fsp3) is 0.952. The first-order valence-corrected chi connectivity index (χ1v) is 10.4. The molecule has 0 spiro atoms. The van der Waals surface area contributed by atoms with Gasteiger partial charge in [0.05, 0.1) is 0 Å². The average molecular weight is 342 g/mol. The Morgan fingerprint density at radius 2 is 1.08 bits per heavy atom. The van der Waals surface area contributed by atoms with Crippen molar-refractivity contribution in [3.8, 4) is 0 Å². The summed E-state index contributed by atoms with van der Waals surface area (Å²) in [6.07, 6.45) is 18.7. The van der Waals surface area contributed by atoms with Crippen molar-refractivity contribution >= 4 is 6.09 Å². The van der Waals surface area contributed by atoms with Gasteiger partial charge in [0.25, 0.3) is 0 Å². The van der Waals surface area contributed by atoms with E-state index in [0.29, 0.717) is 0 Å². The van der Waals surface area contributed by atoms with Gasteiger partial charge >= 0.3 is 6.09 Å². The van der Waals surface area contributed by atoms with Gasteiger partial charge in [0, 0.05) is 6.54 Å². The van der Waals surface area contributed by atoms with Gasteiger partial charge in [-0.25, -0.2) is 4.79 Å². The van der Waals surface area contributed by atoms with E-state index in [1.54, 1.807) is 0 Å². The zero-order valence-corrected chi connectivity index (χ0v) is 16.9. The third-order valence-corrected chi connectivity index (χ3v) is 4.20. The monoisotopic (exact) mass is 341 g/mol. The van der Waals surface area contributed by atoms with E-state index in [-0.39, 0.29) is 6.09 Å². The summed E-state index contributed by atoms with van der Waals surface area (Å²) in [4.78, 5) is 11.5. The molecule has 24 heavy (non-hydrogen) atoms.